The van der Waals surface area contributed by atoms with E-state index in [0.29, 0.717) is 0 Å². The Labute approximate surface area is 348 Å². The van der Waals surface area contributed by atoms with E-state index in [1.165, 1.54) is 115 Å². The Bertz CT molecular complexity index is 3640. The third kappa shape index (κ3) is 5.67. The van der Waals surface area contributed by atoms with E-state index in [9.17, 15) is 0 Å². The van der Waals surface area contributed by atoms with Crippen molar-refractivity contribution in [2.75, 3.05) is 0 Å². The van der Waals surface area contributed by atoms with Crippen molar-refractivity contribution < 1.29 is 0 Å². The van der Waals surface area contributed by atoms with E-state index in [0.717, 1.165) is 5.52 Å². The van der Waals surface area contributed by atoms with Crippen molar-refractivity contribution in [1.29, 1.82) is 0 Å². The summed E-state index contributed by atoms with van der Waals surface area (Å²) in [4.78, 5) is 4.75. The van der Waals surface area contributed by atoms with Crippen molar-refractivity contribution in [2.24, 2.45) is 0 Å². The fraction of sp³-hybridized carbons (Fsp3) is 0. The van der Waals surface area contributed by atoms with Gasteiger partial charge >= 0.3 is 0 Å². The largest absolute Gasteiger partial charge is 0.256 e. The maximum Gasteiger partial charge on any atom is 0.0714 e. The molecule has 0 unspecified atom stereocenters. The quantitative estimate of drug-likeness (QED) is 0.126. The van der Waals surface area contributed by atoms with Crippen LogP contribution in [0.4, 0.5) is 0 Å². The fourth-order valence-electron chi connectivity index (χ4n) is 9.54. The summed E-state index contributed by atoms with van der Waals surface area (Å²) < 4.78 is 0. The molecule has 0 saturated heterocycles. The Morgan fingerprint density at radius 2 is 0.700 bits per heavy atom. The molecule has 0 spiro atoms. The Balaban J connectivity index is 1.11. The monoisotopic (exact) mass is 759 g/mol. The predicted molar refractivity (Wildman–Crippen MR) is 256 cm³/mol. The standard InChI is InChI=1S/C59H37N/c1-2-11-38(12-3-1)45-28-30-52-55(35-45)59(48-27-23-40-14-5-7-16-44(40)34-48)56-36-46(29-31-53(56)58(52)47-26-22-39-13-4-6-15-43(39)33-47)41-20-24-42(25-21-41)54-37-57-51(19-10-32-60-57)49-17-8-9-18-50(49)54/h1-37H. The molecule has 0 radical (unpaired) electrons. The first-order chi connectivity index (χ1) is 29.7. The van der Waals surface area contributed by atoms with Crippen molar-refractivity contribution in [3.05, 3.63) is 225 Å². The van der Waals surface area contributed by atoms with Gasteiger partial charge in [-0.05, 0) is 146 Å². The summed E-state index contributed by atoms with van der Waals surface area (Å²) in [5, 5.41) is 13.6. The third-order valence-electron chi connectivity index (χ3n) is 12.5. The van der Waals surface area contributed by atoms with E-state index in [4.69, 9.17) is 4.98 Å². The molecule has 278 valence electrons. The molecule has 0 aliphatic rings. The van der Waals surface area contributed by atoms with Gasteiger partial charge in [0.15, 0.2) is 0 Å². The number of aromatic nitrogens is 1. The maximum atomic E-state index is 4.75. The van der Waals surface area contributed by atoms with Crippen molar-refractivity contribution >= 4 is 64.8 Å². The fourth-order valence-corrected chi connectivity index (χ4v) is 9.54. The Kier molecular flexibility index (Phi) is 7.92. The second-order valence-corrected chi connectivity index (χ2v) is 15.9. The lowest BCUT2D eigenvalue weighted by molar-refractivity contribution is 1.42. The summed E-state index contributed by atoms with van der Waals surface area (Å²) in [6.07, 6.45) is 1.88. The molecule has 0 N–H and O–H groups in total. The summed E-state index contributed by atoms with van der Waals surface area (Å²) in [5.74, 6) is 0. The van der Waals surface area contributed by atoms with E-state index in [1.807, 2.05) is 12.3 Å². The third-order valence-corrected chi connectivity index (χ3v) is 12.5. The van der Waals surface area contributed by atoms with Gasteiger partial charge in [0.2, 0.25) is 0 Å². The zero-order valence-corrected chi connectivity index (χ0v) is 32.8. The molecule has 12 aromatic rings. The van der Waals surface area contributed by atoms with Crippen LogP contribution >= 0.6 is 0 Å². The van der Waals surface area contributed by atoms with Gasteiger partial charge in [0, 0.05) is 11.6 Å². The highest BCUT2D eigenvalue weighted by Crippen LogP contribution is 2.47. The minimum atomic E-state index is 1.01. The number of nitrogens with zero attached hydrogens (tertiary/aromatic N) is 1. The zero-order valence-electron chi connectivity index (χ0n) is 32.8. The summed E-state index contributed by atoms with van der Waals surface area (Å²) >= 11 is 0. The van der Waals surface area contributed by atoms with Crippen LogP contribution in [0.15, 0.2) is 225 Å². The number of hydrogen-bond acceptors (Lipinski definition) is 1. The number of fused-ring (bicyclic) bond motifs is 7. The second-order valence-electron chi connectivity index (χ2n) is 15.9. The lowest BCUT2D eigenvalue weighted by Crippen LogP contribution is -1.93. The van der Waals surface area contributed by atoms with E-state index in [1.54, 1.807) is 0 Å². The Hall–Kier alpha value is -7.87. The smallest absolute Gasteiger partial charge is 0.0714 e. The molecule has 0 atom stereocenters. The van der Waals surface area contributed by atoms with E-state index < -0.39 is 0 Å². The molecule has 1 aromatic heterocycles. The first kappa shape index (κ1) is 34.2. The van der Waals surface area contributed by atoms with Gasteiger partial charge in [-0.15, -0.1) is 0 Å². The van der Waals surface area contributed by atoms with Gasteiger partial charge in [-0.3, -0.25) is 4.98 Å². The number of rotatable bonds is 5. The summed E-state index contributed by atoms with van der Waals surface area (Å²) in [7, 11) is 0. The minimum Gasteiger partial charge on any atom is -0.256 e. The molecule has 0 bridgehead atoms. The number of benzene rings is 11. The molecule has 0 aliphatic carbocycles. The van der Waals surface area contributed by atoms with E-state index in [2.05, 4.69) is 212 Å². The molecule has 0 amide bonds. The van der Waals surface area contributed by atoms with Gasteiger partial charge < -0.3 is 0 Å². The van der Waals surface area contributed by atoms with E-state index >= 15 is 0 Å². The molecule has 0 fully saturated rings. The average Bonchev–Trinajstić information content (AvgIpc) is 3.32. The predicted octanol–water partition coefficient (Wildman–Crippen LogP) is 16.3. The van der Waals surface area contributed by atoms with Gasteiger partial charge in [0.25, 0.3) is 0 Å². The van der Waals surface area contributed by atoms with Crippen molar-refractivity contribution in [3.63, 3.8) is 0 Å². The van der Waals surface area contributed by atoms with Gasteiger partial charge in [-0.25, -0.2) is 0 Å². The number of pyridine rings is 1. The van der Waals surface area contributed by atoms with Crippen LogP contribution in [0.3, 0.4) is 0 Å². The SMILES string of the molecule is c1ccc(-c2ccc3c(-c4ccc5ccccc5c4)c4ccc(-c5ccc(-c6cc7ncccc7c7ccccc67)cc5)cc4c(-c4ccc5ccccc5c4)c3c2)cc1. The zero-order chi connectivity index (χ0) is 39.6. The van der Waals surface area contributed by atoms with E-state index in [-0.39, 0.29) is 0 Å². The van der Waals surface area contributed by atoms with Crippen LogP contribution in [-0.4, -0.2) is 4.98 Å². The molecule has 12 rings (SSSR count). The highest BCUT2D eigenvalue weighted by Gasteiger charge is 2.20. The van der Waals surface area contributed by atoms with Gasteiger partial charge in [0.05, 0.1) is 5.52 Å². The molecule has 1 heteroatoms. The Morgan fingerprint density at radius 1 is 0.233 bits per heavy atom. The normalized spacial score (nSPS) is 11.7. The molecule has 0 saturated carbocycles. The lowest BCUT2D eigenvalue weighted by atomic mass is 9.83. The van der Waals surface area contributed by atoms with Gasteiger partial charge in [-0.1, -0.05) is 182 Å². The van der Waals surface area contributed by atoms with Crippen molar-refractivity contribution in [1.82, 2.24) is 4.98 Å². The maximum absolute atomic E-state index is 4.75. The van der Waals surface area contributed by atoms with Crippen LogP contribution in [-0.2, 0) is 0 Å². The van der Waals surface area contributed by atoms with Crippen molar-refractivity contribution in [3.8, 4) is 55.6 Å². The van der Waals surface area contributed by atoms with Crippen LogP contribution in [0.5, 0.6) is 0 Å². The molecule has 11 aromatic carbocycles. The molecule has 0 aliphatic heterocycles. The van der Waals surface area contributed by atoms with Crippen LogP contribution in [0.25, 0.3) is 120 Å². The summed E-state index contributed by atoms with van der Waals surface area (Å²) in [6, 6.07) is 80.4. The van der Waals surface area contributed by atoms with Crippen LogP contribution in [0, 0.1) is 0 Å². The molecular weight excluding hydrogens is 723 g/mol. The second kappa shape index (κ2) is 13.9. The minimum absolute atomic E-state index is 1.01. The van der Waals surface area contributed by atoms with Crippen LogP contribution in [0.2, 0.25) is 0 Å². The molecule has 1 heterocycles. The summed E-state index contributed by atoms with van der Waals surface area (Å²) in [5.41, 5.74) is 13.1. The molecule has 1 nitrogen and oxygen atoms in total. The Morgan fingerprint density at radius 3 is 1.33 bits per heavy atom. The van der Waals surface area contributed by atoms with Crippen LogP contribution in [0.1, 0.15) is 0 Å². The van der Waals surface area contributed by atoms with Gasteiger partial charge in [0.1, 0.15) is 0 Å². The van der Waals surface area contributed by atoms with Crippen molar-refractivity contribution in [2.45, 2.75) is 0 Å². The first-order valence-electron chi connectivity index (χ1n) is 20.7. The lowest BCUT2D eigenvalue weighted by Gasteiger charge is -2.20. The van der Waals surface area contributed by atoms with Crippen LogP contribution < -0.4 is 0 Å². The first-order valence-corrected chi connectivity index (χ1v) is 20.7. The summed E-state index contributed by atoms with van der Waals surface area (Å²) in [6.45, 7) is 0. The average molecular weight is 760 g/mol. The topological polar surface area (TPSA) is 12.9 Å². The highest BCUT2D eigenvalue weighted by atomic mass is 14.6. The highest BCUT2D eigenvalue weighted by molar-refractivity contribution is 6.23. The molecular formula is C59H37N. The van der Waals surface area contributed by atoms with Gasteiger partial charge in [-0.2, -0.15) is 0 Å². The molecule has 60 heavy (non-hydrogen) atoms. The number of hydrogen-bond donors (Lipinski definition) is 0.